The van der Waals surface area contributed by atoms with Crippen LogP contribution in [0.15, 0.2) is 24.3 Å². The van der Waals surface area contributed by atoms with Crippen LogP contribution in [-0.4, -0.2) is 8.07 Å². The van der Waals surface area contributed by atoms with E-state index >= 15 is 0 Å². The van der Waals surface area contributed by atoms with Crippen molar-refractivity contribution in [2.75, 3.05) is 0 Å². The fourth-order valence-electron chi connectivity index (χ4n) is 2.47. The van der Waals surface area contributed by atoms with E-state index in [1.54, 1.807) is 12.1 Å². The number of hydrogen-bond donors (Lipinski definition) is 0. The van der Waals surface area contributed by atoms with Gasteiger partial charge in [-0.15, -0.1) is 10.5 Å². The molecule has 28 heavy (non-hydrogen) atoms. The first kappa shape index (κ1) is 28.8. The van der Waals surface area contributed by atoms with E-state index in [2.05, 4.69) is 60.3 Å². The Morgan fingerprint density at radius 2 is 1.46 bits per heavy atom. The zero-order valence-corrected chi connectivity index (χ0v) is 21.9. The minimum Gasteiger partial charge on any atom is -1.00 e. The van der Waals surface area contributed by atoms with Crippen molar-refractivity contribution in [2.45, 2.75) is 54.3 Å². The smallest absolute Gasteiger partial charge is 0.158 e. The molecule has 0 aliphatic rings. The number of benzene rings is 1. The number of rotatable bonds is 3. The van der Waals surface area contributed by atoms with Crippen molar-refractivity contribution in [1.29, 1.82) is 0 Å². The second-order valence-corrected chi connectivity index (χ2v) is 12.8. The molecular formula is C22H31F2NOSiW-3. The number of halogens is 2. The molecule has 0 aliphatic heterocycles. The predicted molar refractivity (Wildman–Crippen MR) is 115 cm³/mol. The molecule has 1 radical (unpaired) electrons. The largest absolute Gasteiger partial charge is 1.00 e. The van der Waals surface area contributed by atoms with Crippen molar-refractivity contribution >= 4 is 14.1 Å². The maximum Gasteiger partial charge on any atom is 0.158 e. The van der Waals surface area contributed by atoms with Gasteiger partial charge in [-0.2, -0.15) is 27.8 Å². The standard InChI is InChI=1S/C12H15F2Si.C10H15.NO.W.H/c1-15(2,3)8-4-5-10-6-7-11(13)12(14)9-10;1-6-7(2)9(4)10(5)8(6)3;1-2;;/h4-9H,1-3H3;1-5H3;;;/q2*-1;;;-1/b5-4+;;;;. The number of nitrogens with zero attached hydrogens (tertiary/aromatic N) is 1. The van der Waals surface area contributed by atoms with Gasteiger partial charge in [-0.25, -0.2) is 27.0 Å². The molecule has 0 spiro atoms. The van der Waals surface area contributed by atoms with E-state index in [1.807, 2.05) is 6.08 Å². The molecule has 0 N–H and O–H groups in total. The van der Waals surface area contributed by atoms with Gasteiger partial charge in [0.2, 0.25) is 0 Å². The number of hydrogen-bond acceptors (Lipinski definition) is 1. The molecule has 0 saturated heterocycles. The fourth-order valence-corrected chi connectivity index (χ4v) is 3.14. The van der Waals surface area contributed by atoms with E-state index in [-0.39, 0.29) is 22.5 Å². The zero-order chi connectivity index (χ0) is 21.4. The predicted octanol–water partition coefficient (Wildman–Crippen LogP) is 6.67. The van der Waals surface area contributed by atoms with Crippen LogP contribution in [0.3, 0.4) is 0 Å². The first-order chi connectivity index (χ1) is 12.4. The average molecular weight is 575 g/mol. The molecule has 2 aromatic rings. The third kappa shape index (κ3) is 9.16. The molecule has 0 heterocycles. The topological polar surface area (TPSA) is 39.4 Å². The second kappa shape index (κ2) is 12.9. The normalized spacial score (nSPS) is 10.4. The SMILES string of the molecule is C[Si](C)(C)[CH-]/C=C/c1ccc(F)c(F)c1.Cc1c(C)c(C)[c-](C)c1C.[H-].[N]=O.[W]. The molecule has 157 valence electrons. The van der Waals surface area contributed by atoms with Crippen molar-refractivity contribution in [3.8, 4) is 0 Å². The van der Waals surface area contributed by atoms with Gasteiger partial charge in [-0.3, -0.25) is 0 Å². The van der Waals surface area contributed by atoms with Crippen LogP contribution in [-0.2, 0) is 21.1 Å². The van der Waals surface area contributed by atoms with E-state index in [0.717, 1.165) is 6.07 Å². The summed E-state index contributed by atoms with van der Waals surface area (Å²) in [7, 11) is -1.22. The zero-order valence-electron chi connectivity index (χ0n) is 19.0. The van der Waals surface area contributed by atoms with Gasteiger partial charge < -0.3 is 1.43 Å². The van der Waals surface area contributed by atoms with Crippen molar-refractivity contribution in [1.82, 2.24) is 5.59 Å². The Morgan fingerprint density at radius 3 is 1.79 bits per heavy atom. The van der Waals surface area contributed by atoms with Crippen LogP contribution in [0.5, 0.6) is 0 Å². The molecule has 0 saturated carbocycles. The summed E-state index contributed by atoms with van der Waals surface area (Å²) in [6.07, 6.45) is 3.71. The minimum atomic E-state index is -1.22. The molecule has 2 aromatic carbocycles. The quantitative estimate of drug-likeness (QED) is 0.298. The summed E-state index contributed by atoms with van der Waals surface area (Å²) in [4.78, 5) is 7.25. The maximum atomic E-state index is 12.8. The molecular weight excluding hydrogens is 544 g/mol. The molecule has 0 aromatic heterocycles. The van der Waals surface area contributed by atoms with E-state index in [9.17, 15) is 8.78 Å². The van der Waals surface area contributed by atoms with Crippen molar-refractivity contribution < 1.29 is 31.3 Å². The molecule has 2 rings (SSSR count). The minimum absolute atomic E-state index is 0. The van der Waals surface area contributed by atoms with Crippen LogP contribution >= 0.6 is 0 Å². The number of allylic oxidation sites excluding steroid dienone is 1. The molecule has 2 nitrogen and oxygen atoms in total. The molecule has 0 bridgehead atoms. The summed E-state index contributed by atoms with van der Waals surface area (Å²) >= 11 is 0. The Bertz CT molecular complexity index is 706. The third-order valence-corrected chi connectivity index (χ3v) is 5.83. The summed E-state index contributed by atoms with van der Waals surface area (Å²) in [6.45, 7) is 17.6. The molecule has 0 amide bonds. The van der Waals surface area contributed by atoms with Crippen molar-refractivity contribution in [2.24, 2.45) is 0 Å². The van der Waals surface area contributed by atoms with Crippen LogP contribution in [0.1, 0.15) is 34.8 Å². The van der Waals surface area contributed by atoms with Gasteiger partial charge in [0.15, 0.2) is 11.6 Å². The first-order valence-electron chi connectivity index (χ1n) is 8.79. The van der Waals surface area contributed by atoms with Gasteiger partial charge in [0.05, 0.1) is 0 Å². The van der Waals surface area contributed by atoms with Crippen LogP contribution < -0.4 is 5.59 Å². The van der Waals surface area contributed by atoms with Crippen LogP contribution in [0.4, 0.5) is 8.78 Å². The summed E-state index contributed by atoms with van der Waals surface area (Å²) < 4.78 is 25.4. The van der Waals surface area contributed by atoms with Crippen molar-refractivity contribution in [3.63, 3.8) is 0 Å². The van der Waals surface area contributed by atoms with Gasteiger partial charge in [0, 0.05) is 21.1 Å². The fraction of sp³-hybridized carbons (Fsp3) is 0.364. The summed E-state index contributed by atoms with van der Waals surface area (Å²) in [5.74, 6) is -1.61. The molecule has 0 fully saturated rings. The average Bonchev–Trinajstić information content (AvgIpc) is 2.77. The molecule has 0 atom stereocenters. The Balaban J connectivity index is -0.000000425. The van der Waals surface area contributed by atoms with Gasteiger partial charge in [0.1, 0.15) is 5.59 Å². The van der Waals surface area contributed by atoms with E-state index in [4.69, 9.17) is 10.5 Å². The van der Waals surface area contributed by atoms with Crippen LogP contribution in [0, 0.1) is 57.2 Å². The summed E-state index contributed by atoms with van der Waals surface area (Å²) in [5.41, 5.74) is 13.8. The Morgan fingerprint density at radius 1 is 1.00 bits per heavy atom. The monoisotopic (exact) mass is 575 g/mol. The Hall–Kier alpha value is -1.45. The van der Waals surface area contributed by atoms with E-state index in [0.29, 0.717) is 5.56 Å². The van der Waals surface area contributed by atoms with Gasteiger partial charge in [-0.05, 0) is 20.2 Å². The van der Waals surface area contributed by atoms with Crippen LogP contribution in [0.2, 0.25) is 19.6 Å². The molecule has 0 unspecified atom stereocenters. The Kier molecular flexibility index (Phi) is 13.2. The van der Waals surface area contributed by atoms with E-state index in [1.165, 1.54) is 33.9 Å². The third-order valence-electron chi connectivity index (χ3n) is 4.64. The second-order valence-electron chi connectivity index (χ2n) is 7.69. The maximum absolute atomic E-state index is 12.8. The van der Waals surface area contributed by atoms with Gasteiger partial charge in [0.25, 0.3) is 0 Å². The first-order valence-corrected chi connectivity index (χ1v) is 12.4. The Labute approximate surface area is 185 Å². The van der Waals surface area contributed by atoms with Gasteiger partial charge >= 0.3 is 0 Å². The van der Waals surface area contributed by atoms with Crippen LogP contribution in [0.25, 0.3) is 6.08 Å². The van der Waals surface area contributed by atoms with E-state index < -0.39 is 19.7 Å². The van der Waals surface area contributed by atoms with Gasteiger partial charge in [-0.1, -0.05) is 60.3 Å². The molecule has 0 aliphatic carbocycles. The summed E-state index contributed by atoms with van der Waals surface area (Å²) in [5, 5.41) is 0. The van der Waals surface area contributed by atoms with Crippen molar-refractivity contribution in [3.05, 3.63) is 80.2 Å². The summed E-state index contributed by atoms with van der Waals surface area (Å²) in [6, 6.07) is 6.05. The number of nitroso groups, excluding NO2 is 1. The molecule has 6 heteroatoms.